The van der Waals surface area contributed by atoms with Gasteiger partial charge in [-0.05, 0) is 24.3 Å². The summed E-state index contributed by atoms with van der Waals surface area (Å²) in [4.78, 5) is 10.2. The molecule has 0 saturated heterocycles. The number of nitrogens with one attached hydrogen (secondary N) is 1. The molecule has 0 radical (unpaired) electrons. The molecule has 21 heavy (non-hydrogen) atoms. The van der Waals surface area contributed by atoms with Gasteiger partial charge in [0, 0.05) is 30.2 Å². The van der Waals surface area contributed by atoms with Crippen LogP contribution in [0.1, 0.15) is 0 Å². The van der Waals surface area contributed by atoms with Gasteiger partial charge in [-0.2, -0.15) is 0 Å². The molecule has 2 aromatic rings. The maximum absolute atomic E-state index is 10.7. The molecule has 0 aliphatic heterocycles. The van der Waals surface area contributed by atoms with Gasteiger partial charge in [0.05, 0.1) is 16.3 Å². The number of rotatable bonds is 4. The van der Waals surface area contributed by atoms with E-state index in [9.17, 15) is 10.1 Å². The number of nitro benzene ring substituents is 1. The summed E-state index contributed by atoms with van der Waals surface area (Å²) in [6, 6.07) is 9.61. The first-order chi connectivity index (χ1) is 10.0. The minimum absolute atomic E-state index is 0.0161. The van der Waals surface area contributed by atoms with Crippen molar-refractivity contribution in [1.29, 1.82) is 0 Å². The first kappa shape index (κ1) is 14.9. The predicted octanol–water partition coefficient (Wildman–Crippen LogP) is 3.13. The zero-order valence-corrected chi connectivity index (χ0v) is 12.4. The summed E-state index contributed by atoms with van der Waals surface area (Å²) in [7, 11) is 4.18. The molecule has 2 rings (SSSR count). The van der Waals surface area contributed by atoms with E-state index in [2.05, 4.69) is 24.8 Å². The lowest BCUT2D eigenvalue weighted by atomic mass is 10.2. The zero-order valence-electron chi connectivity index (χ0n) is 11.3. The Balaban J connectivity index is 2.31. The molecule has 1 atom stereocenters. The molecule has 0 bridgehead atoms. The molecule has 0 heterocycles. The standard InChI is InChI=1S/C13H14N5O2P/c1-15-12-6-8(14)2-4-10(12)16-17-11-5-3-9(18(19)20)7-13(11)21/h2-7,15H,14,21H2,1H3/b17-16+. The van der Waals surface area contributed by atoms with Crippen molar-refractivity contribution in [2.45, 2.75) is 0 Å². The van der Waals surface area contributed by atoms with Gasteiger partial charge in [0.1, 0.15) is 5.69 Å². The highest BCUT2D eigenvalue weighted by Crippen LogP contribution is 2.29. The lowest BCUT2D eigenvalue weighted by Crippen LogP contribution is -1.95. The highest BCUT2D eigenvalue weighted by molar-refractivity contribution is 7.28. The number of nitro groups is 1. The lowest BCUT2D eigenvalue weighted by Gasteiger charge is -2.05. The Hall–Kier alpha value is -2.53. The summed E-state index contributed by atoms with van der Waals surface area (Å²) >= 11 is 0. The molecule has 0 aliphatic rings. The number of hydrogen-bond acceptors (Lipinski definition) is 6. The number of nitrogens with zero attached hydrogens (tertiary/aromatic N) is 3. The third-order valence-corrected chi connectivity index (χ3v) is 3.24. The number of anilines is 2. The molecule has 0 spiro atoms. The Labute approximate surface area is 123 Å². The van der Waals surface area contributed by atoms with Crippen LogP contribution < -0.4 is 16.4 Å². The van der Waals surface area contributed by atoms with Crippen LogP contribution in [-0.2, 0) is 0 Å². The smallest absolute Gasteiger partial charge is 0.270 e. The molecule has 7 nitrogen and oxygen atoms in total. The molecule has 8 heteroatoms. The number of hydrogen-bond donors (Lipinski definition) is 2. The number of nitrogen functional groups attached to an aromatic ring is 1. The van der Waals surface area contributed by atoms with E-state index in [0.717, 1.165) is 5.69 Å². The molecule has 3 N–H and O–H groups in total. The second-order valence-corrected chi connectivity index (χ2v) is 4.85. The van der Waals surface area contributed by atoms with E-state index in [-0.39, 0.29) is 5.69 Å². The third-order valence-electron chi connectivity index (χ3n) is 2.78. The highest BCUT2D eigenvalue weighted by atomic mass is 31.0. The van der Waals surface area contributed by atoms with Crippen LogP contribution in [0.3, 0.4) is 0 Å². The molecular formula is C13H14N5O2P. The van der Waals surface area contributed by atoms with Gasteiger partial charge in [-0.15, -0.1) is 19.5 Å². The molecule has 0 saturated carbocycles. The van der Waals surface area contributed by atoms with E-state index in [4.69, 9.17) is 5.73 Å². The molecule has 0 aliphatic carbocycles. The first-order valence-corrected chi connectivity index (χ1v) is 6.62. The average Bonchev–Trinajstić information content (AvgIpc) is 2.46. The fourth-order valence-corrected chi connectivity index (χ4v) is 2.02. The van der Waals surface area contributed by atoms with Crippen LogP contribution in [-0.4, -0.2) is 12.0 Å². The Morgan fingerprint density at radius 1 is 1.19 bits per heavy atom. The van der Waals surface area contributed by atoms with Crippen molar-refractivity contribution in [2.75, 3.05) is 18.1 Å². The van der Waals surface area contributed by atoms with Crippen LogP contribution in [0.5, 0.6) is 0 Å². The van der Waals surface area contributed by atoms with Crippen molar-refractivity contribution < 1.29 is 4.92 Å². The molecular weight excluding hydrogens is 289 g/mol. The van der Waals surface area contributed by atoms with E-state index in [1.54, 1.807) is 31.3 Å². The maximum Gasteiger partial charge on any atom is 0.270 e. The minimum Gasteiger partial charge on any atom is -0.399 e. The Morgan fingerprint density at radius 2 is 1.86 bits per heavy atom. The molecule has 1 unspecified atom stereocenters. The number of benzene rings is 2. The quantitative estimate of drug-likeness (QED) is 0.297. The zero-order chi connectivity index (χ0) is 15.4. The summed E-state index contributed by atoms with van der Waals surface area (Å²) < 4.78 is 0. The molecule has 2 aromatic carbocycles. The SMILES string of the molecule is CNc1cc(N)ccc1/N=N/c1ccc([N+](=O)[O-])cc1P. The van der Waals surface area contributed by atoms with Crippen molar-refractivity contribution in [3.8, 4) is 0 Å². The fraction of sp³-hybridized carbons (Fsp3) is 0.0769. The van der Waals surface area contributed by atoms with E-state index >= 15 is 0 Å². The van der Waals surface area contributed by atoms with E-state index in [1.807, 2.05) is 0 Å². The van der Waals surface area contributed by atoms with Crippen LogP contribution in [0.2, 0.25) is 0 Å². The van der Waals surface area contributed by atoms with Crippen molar-refractivity contribution in [1.82, 2.24) is 0 Å². The predicted molar refractivity (Wildman–Crippen MR) is 87.0 cm³/mol. The summed E-state index contributed by atoms with van der Waals surface area (Å²) in [6.07, 6.45) is 0. The van der Waals surface area contributed by atoms with Crippen molar-refractivity contribution in [3.05, 3.63) is 46.5 Å². The number of azo groups is 1. The number of non-ortho nitro benzene ring substituents is 1. The molecule has 108 valence electrons. The Morgan fingerprint density at radius 3 is 2.48 bits per heavy atom. The van der Waals surface area contributed by atoms with Crippen molar-refractivity contribution in [3.63, 3.8) is 0 Å². The van der Waals surface area contributed by atoms with Gasteiger partial charge in [-0.3, -0.25) is 10.1 Å². The summed E-state index contributed by atoms with van der Waals surface area (Å²) in [5, 5.41) is 22.5. The van der Waals surface area contributed by atoms with Gasteiger partial charge in [0.25, 0.3) is 5.69 Å². The Bertz CT molecular complexity index is 718. The lowest BCUT2D eigenvalue weighted by molar-refractivity contribution is -0.384. The summed E-state index contributed by atoms with van der Waals surface area (Å²) in [5.74, 6) is 0. The summed E-state index contributed by atoms with van der Waals surface area (Å²) in [5.41, 5.74) is 8.28. The van der Waals surface area contributed by atoms with Gasteiger partial charge < -0.3 is 11.1 Å². The highest BCUT2D eigenvalue weighted by Gasteiger charge is 2.08. The fourth-order valence-electron chi connectivity index (χ4n) is 1.70. The second kappa shape index (κ2) is 6.28. The first-order valence-electron chi connectivity index (χ1n) is 6.04. The third kappa shape index (κ3) is 3.52. The molecule has 0 fully saturated rings. The van der Waals surface area contributed by atoms with Crippen molar-refractivity contribution in [2.24, 2.45) is 10.2 Å². The molecule has 0 aromatic heterocycles. The minimum atomic E-state index is -0.451. The number of nitrogens with two attached hydrogens (primary N) is 1. The normalized spacial score (nSPS) is 10.8. The van der Waals surface area contributed by atoms with Gasteiger partial charge in [-0.1, -0.05) is 0 Å². The van der Waals surface area contributed by atoms with Gasteiger partial charge in [0.2, 0.25) is 0 Å². The van der Waals surface area contributed by atoms with Gasteiger partial charge in [-0.25, -0.2) is 0 Å². The van der Waals surface area contributed by atoms with Crippen molar-refractivity contribution >= 4 is 43.0 Å². The van der Waals surface area contributed by atoms with Crippen LogP contribution in [0.25, 0.3) is 0 Å². The van der Waals surface area contributed by atoms with E-state index in [0.29, 0.717) is 22.4 Å². The summed E-state index contributed by atoms with van der Waals surface area (Å²) in [6.45, 7) is 0. The van der Waals surface area contributed by atoms with Gasteiger partial charge in [0.15, 0.2) is 0 Å². The molecule has 0 amide bonds. The van der Waals surface area contributed by atoms with E-state index < -0.39 is 4.92 Å². The van der Waals surface area contributed by atoms with Crippen LogP contribution in [0.4, 0.5) is 28.4 Å². The van der Waals surface area contributed by atoms with E-state index in [1.165, 1.54) is 12.1 Å². The monoisotopic (exact) mass is 303 g/mol. The van der Waals surface area contributed by atoms with Crippen LogP contribution >= 0.6 is 9.24 Å². The van der Waals surface area contributed by atoms with Gasteiger partial charge >= 0.3 is 0 Å². The van der Waals surface area contributed by atoms with Crippen LogP contribution in [0, 0.1) is 10.1 Å². The largest absolute Gasteiger partial charge is 0.399 e. The topological polar surface area (TPSA) is 106 Å². The van der Waals surface area contributed by atoms with Crippen LogP contribution in [0.15, 0.2) is 46.6 Å². The Kier molecular flexibility index (Phi) is 4.45. The maximum atomic E-state index is 10.7. The second-order valence-electron chi connectivity index (χ2n) is 4.23. The average molecular weight is 303 g/mol.